The van der Waals surface area contributed by atoms with E-state index in [4.69, 9.17) is 4.74 Å². The Balaban J connectivity index is 1.93. The Hall–Kier alpha value is -2.81. The summed E-state index contributed by atoms with van der Waals surface area (Å²) in [5, 5.41) is 9.71. The zero-order valence-corrected chi connectivity index (χ0v) is 18.5. The summed E-state index contributed by atoms with van der Waals surface area (Å²) in [6.07, 6.45) is 9.30. The van der Waals surface area contributed by atoms with Crippen LogP contribution in [0.3, 0.4) is 0 Å². The Bertz CT molecular complexity index is 949. The lowest BCUT2D eigenvalue weighted by molar-refractivity contribution is -0.148. The summed E-state index contributed by atoms with van der Waals surface area (Å²) in [5.41, 5.74) is 6.71. The van der Waals surface area contributed by atoms with Gasteiger partial charge < -0.3 is 9.84 Å². The van der Waals surface area contributed by atoms with Crippen LogP contribution in [-0.4, -0.2) is 16.7 Å². The summed E-state index contributed by atoms with van der Waals surface area (Å²) in [5.74, 6) is -0.0503. The SMILES string of the molecule is Cc1cc(C(=C2CCCCC2)c2ccc(O)cc2)ccc1C=CC(=O)OC(C)(C)C. The van der Waals surface area contributed by atoms with Gasteiger partial charge in [0.05, 0.1) is 0 Å². The highest BCUT2D eigenvalue weighted by Crippen LogP contribution is 2.36. The van der Waals surface area contributed by atoms with Crippen molar-refractivity contribution in [2.45, 2.75) is 65.4 Å². The Morgan fingerprint density at radius 1 is 0.967 bits per heavy atom. The van der Waals surface area contributed by atoms with Crippen molar-refractivity contribution >= 4 is 17.6 Å². The molecule has 0 heterocycles. The van der Waals surface area contributed by atoms with Gasteiger partial charge in [-0.2, -0.15) is 0 Å². The van der Waals surface area contributed by atoms with Crippen LogP contribution in [0.5, 0.6) is 5.75 Å². The first-order valence-corrected chi connectivity index (χ1v) is 10.8. The summed E-state index contributed by atoms with van der Waals surface area (Å²) in [4.78, 5) is 12.0. The molecule has 0 radical (unpaired) electrons. The first kappa shape index (κ1) is 21.9. The lowest BCUT2D eigenvalue weighted by Gasteiger charge is -2.21. The quantitative estimate of drug-likeness (QED) is 0.449. The minimum absolute atomic E-state index is 0.283. The topological polar surface area (TPSA) is 46.5 Å². The molecule has 0 spiro atoms. The van der Waals surface area contributed by atoms with Crippen LogP contribution in [0, 0.1) is 6.92 Å². The smallest absolute Gasteiger partial charge is 0.331 e. The maximum atomic E-state index is 12.0. The molecular weight excluding hydrogens is 372 g/mol. The standard InChI is InChI=1S/C27H32O3/c1-19-18-23(11-10-20(19)14-17-25(29)30-27(2,3)4)26(21-8-6-5-7-9-21)22-12-15-24(28)16-13-22/h10-18,28H,5-9H2,1-4H3. The van der Waals surface area contributed by atoms with Crippen LogP contribution >= 0.6 is 0 Å². The number of rotatable bonds is 4. The van der Waals surface area contributed by atoms with Gasteiger partial charge in [-0.05, 0) is 99.4 Å². The van der Waals surface area contributed by atoms with Gasteiger partial charge in [0, 0.05) is 6.08 Å². The summed E-state index contributed by atoms with van der Waals surface area (Å²) < 4.78 is 5.35. The van der Waals surface area contributed by atoms with Gasteiger partial charge in [-0.3, -0.25) is 0 Å². The van der Waals surface area contributed by atoms with Crippen LogP contribution < -0.4 is 0 Å². The van der Waals surface area contributed by atoms with Crippen molar-refractivity contribution in [3.8, 4) is 5.75 Å². The summed E-state index contributed by atoms with van der Waals surface area (Å²) in [6, 6.07) is 13.9. The van der Waals surface area contributed by atoms with E-state index in [2.05, 4.69) is 25.1 Å². The van der Waals surface area contributed by atoms with Crippen LogP contribution in [0.25, 0.3) is 11.6 Å². The van der Waals surface area contributed by atoms with E-state index in [-0.39, 0.29) is 11.7 Å². The molecule has 1 saturated carbocycles. The lowest BCUT2D eigenvalue weighted by atomic mass is 9.84. The number of carbonyl (C=O) groups excluding carboxylic acids is 1. The molecule has 1 aliphatic rings. The molecular formula is C27H32O3. The third-order valence-corrected chi connectivity index (χ3v) is 5.33. The van der Waals surface area contributed by atoms with Crippen molar-refractivity contribution in [2.75, 3.05) is 0 Å². The van der Waals surface area contributed by atoms with E-state index in [1.807, 2.05) is 39.0 Å². The van der Waals surface area contributed by atoms with Crippen LogP contribution in [0.15, 0.2) is 54.1 Å². The number of allylic oxidation sites excluding steroid dienone is 1. The second-order valence-corrected chi connectivity index (χ2v) is 9.02. The third kappa shape index (κ3) is 5.85. The molecule has 3 heteroatoms. The Morgan fingerprint density at radius 3 is 2.20 bits per heavy atom. The number of carbonyl (C=O) groups is 1. The van der Waals surface area contributed by atoms with E-state index in [0.29, 0.717) is 0 Å². The first-order chi connectivity index (χ1) is 14.2. The van der Waals surface area contributed by atoms with E-state index < -0.39 is 5.60 Å². The minimum atomic E-state index is -0.495. The molecule has 1 fully saturated rings. The predicted molar refractivity (Wildman–Crippen MR) is 123 cm³/mol. The minimum Gasteiger partial charge on any atom is -0.508 e. The molecule has 158 valence electrons. The number of hydrogen-bond donors (Lipinski definition) is 1. The average Bonchev–Trinajstić information content (AvgIpc) is 2.68. The van der Waals surface area contributed by atoms with Crippen molar-refractivity contribution in [2.24, 2.45) is 0 Å². The average molecular weight is 405 g/mol. The highest BCUT2D eigenvalue weighted by molar-refractivity contribution is 5.88. The second kappa shape index (κ2) is 9.34. The van der Waals surface area contributed by atoms with Crippen LogP contribution in [0.2, 0.25) is 0 Å². The van der Waals surface area contributed by atoms with Gasteiger partial charge >= 0.3 is 5.97 Å². The van der Waals surface area contributed by atoms with Gasteiger partial charge in [0.1, 0.15) is 11.4 Å². The molecule has 3 nitrogen and oxygen atoms in total. The molecule has 0 amide bonds. The highest BCUT2D eigenvalue weighted by atomic mass is 16.6. The van der Waals surface area contributed by atoms with Gasteiger partial charge in [0.15, 0.2) is 0 Å². The monoisotopic (exact) mass is 404 g/mol. The molecule has 1 N–H and O–H groups in total. The summed E-state index contributed by atoms with van der Waals surface area (Å²) in [6.45, 7) is 7.66. The fraction of sp³-hybridized carbons (Fsp3) is 0.370. The molecule has 0 bridgehead atoms. The zero-order chi connectivity index (χ0) is 21.7. The van der Waals surface area contributed by atoms with Crippen LogP contribution in [-0.2, 0) is 9.53 Å². The molecule has 0 aliphatic heterocycles. The summed E-state index contributed by atoms with van der Waals surface area (Å²) in [7, 11) is 0. The van der Waals surface area contributed by atoms with E-state index in [1.165, 1.54) is 42.0 Å². The number of hydrogen-bond acceptors (Lipinski definition) is 3. The van der Waals surface area contributed by atoms with Crippen molar-refractivity contribution < 1.29 is 14.6 Å². The number of aryl methyl sites for hydroxylation is 1. The van der Waals surface area contributed by atoms with E-state index in [0.717, 1.165) is 29.5 Å². The molecule has 0 aromatic heterocycles. The molecule has 3 rings (SSSR count). The van der Waals surface area contributed by atoms with E-state index in [1.54, 1.807) is 12.1 Å². The summed E-state index contributed by atoms with van der Waals surface area (Å²) >= 11 is 0. The fourth-order valence-electron chi connectivity index (χ4n) is 3.94. The number of phenolic OH excluding ortho intramolecular Hbond substituents is 1. The van der Waals surface area contributed by atoms with E-state index in [9.17, 15) is 9.90 Å². The molecule has 30 heavy (non-hydrogen) atoms. The third-order valence-electron chi connectivity index (χ3n) is 5.33. The van der Waals surface area contributed by atoms with Crippen molar-refractivity contribution in [1.29, 1.82) is 0 Å². The first-order valence-electron chi connectivity index (χ1n) is 10.8. The fourth-order valence-corrected chi connectivity index (χ4v) is 3.94. The predicted octanol–water partition coefficient (Wildman–Crippen LogP) is 6.82. The molecule has 2 aromatic carbocycles. The zero-order valence-electron chi connectivity index (χ0n) is 18.5. The van der Waals surface area contributed by atoms with Crippen LogP contribution in [0.1, 0.15) is 75.1 Å². The van der Waals surface area contributed by atoms with Crippen molar-refractivity contribution in [3.05, 3.63) is 76.4 Å². The highest BCUT2D eigenvalue weighted by Gasteiger charge is 2.16. The molecule has 2 aromatic rings. The lowest BCUT2D eigenvalue weighted by Crippen LogP contribution is -2.22. The number of benzene rings is 2. The maximum Gasteiger partial charge on any atom is 0.331 e. The number of aromatic hydroxyl groups is 1. The number of phenols is 1. The number of esters is 1. The Labute approximate surface area is 180 Å². The molecule has 0 atom stereocenters. The van der Waals surface area contributed by atoms with Gasteiger partial charge in [-0.25, -0.2) is 4.79 Å². The largest absolute Gasteiger partial charge is 0.508 e. The van der Waals surface area contributed by atoms with Gasteiger partial charge in [0.2, 0.25) is 0 Å². The Morgan fingerprint density at radius 2 is 1.60 bits per heavy atom. The van der Waals surface area contributed by atoms with Crippen molar-refractivity contribution in [3.63, 3.8) is 0 Å². The molecule has 1 aliphatic carbocycles. The van der Waals surface area contributed by atoms with Gasteiger partial charge in [0.25, 0.3) is 0 Å². The van der Waals surface area contributed by atoms with Gasteiger partial charge in [-0.15, -0.1) is 0 Å². The van der Waals surface area contributed by atoms with E-state index >= 15 is 0 Å². The normalized spacial score (nSPS) is 14.7. The molecule has 0 saturated heterocycles. The van der Waals surface area contributed by atoms with Gasteiger partial charge in [-0.1, -0.05) is 42.3 Å². The van der Waals surface area contributed by atoms with Crippen molar-refractivity contribution in [1.82, 2.24) is 0 Å². The van der Waals surface area contributed by atoms with Crippen LogP contribution in [0.4, 0.5) is 0 Å². The number of ether oxygens (including phenoxy) is 1. The maximum absolute atomic E-state index is 12.0. The second-order valence-electron chi connectivity index (χ2n) is 9.02. The molecule has 0 unspecified atom stereocenters. The Kier molecular flexibility index (Phi) is 6.81.